The van der Waals surface area contributed by atoms with Crippen molar-refractivity contribution in [3.8, 4) is 0 Å². The predicted octanol–water partition coefficient (Wildman–Crippen LogP) is 4.78. The Balaban J connectivity index is 1.77. The molecule has 0 radical (unpaired) electrons. The van der Waals surface area contributed by atoms with Gasteiger partial charge in [0, 0.05) is 24.6 Å². The largest absolute Gasteiger partial charge is 0.324 e. The fraction of sp³-hybridized carbons (Fsp3) is 0.0769. The van der Waals surface area contributed by atoms with E-state index in [2.05, 4.69) is 15.3 Å². The van der Waals surface area contributed by atoms with Gasteiger partial charge in [0.2, 0.25) is 0 Å². The van der Waals surface area contributed by atoms with E-state index < -0.39 is 29.5 Å². The second kappa shape index (κ2) is 10.4. The smallest absolute Gasteiger partial charge is 0.275 e. The Labute approximate surface area is 194 Å². The Morgan fingerprint density at radius 1 is 0.853 bits per heavy atom. The van der Waals surface area contributed by atoms with Crippen LogP contribution in [0.4, 0.5) is 14.5 Å². The second-order valence-corrected chi connectivity index (χ2v) is 7.46. The maximum absolute atomic E-state index is 13.7. The second-order valence-electron chi connectivity index (χ2n) is 7.46. The SMILES string of the molecule is O=C(Nc1ccc(F)cc1)[C@@H](c1ccc(F)cc1)N(Cc1ccccc1)C(=O)c1cnccn1. The molecule has 3 aromatic carbocycles. The van der Waals surface area contributed by atoms with Gasteiger partial charge in [0.1, 0.15) is 23.4 Å². The van der Waals surface area contributed by atoms with Gasteiger partial charge in [-0.3, -0.25) is 14.6 Å². The van der Waals surface area contributed by atoms with Crippen LogP contribution in [-0.2, 0) is 11.3 Å². The summed E-state index contributed by atoms with van der Waals surface area (Å²) in [5, 5.41) is 2.73. The Bertz CT molecular complexity index is 1250. The number of amides is 2. The van der Waals surface area contributed by atoms with Crippen molar-refractivity contribution in [2.75, 3.05) is 5.32 Å². The molecule has 0 aliphatic rings. The first kappa shape index (κ1) is 22.7. The Morgan fingerprint density at radius 3 is 2.12 bits per heavy atom. The van der Waals surface area contributed by atoms with E-state index in [1.807, 2.05) is 30.3 Å². The lowest BCUT2D eigenvalue weighted by Gasteiger charge is -2.31. The normalized spacial score (nSPS) is 11.5. The number of carbonyl (C=O) groups excluding carboxylic acids is 2. The van der Waals surface area contributed by atoms with Gasteiger partial charge in [-0.25, -0.2) is 13.8 Å². The molecule has 0 fully saturated rings. The van der Waals surface area contributed by atoms with Crippen molar-refractivity contribution in [3.05, 3.63) is 126 Å². The summed E-state index contributed by atoms with van der Waals surface area (Å²) in [5.74, 6) is -2.00. The summed E-state index contributed by atoms with van der Waals surface area (Å²) in [6.45, 7) is 0.0785. The monoisotopic (exact) mass is 458 g/mol. The molecule has 4 aromatic rings. The summed E-state index contributed by atoms with van der Waals surface area (Å²) in [6, 6.07) is 18.6. The van der Waals surface area contributed by atoms with Crippen LogP contribution in [0.3, 0.4) is 0 Å². The molecule has 0 saturated carbocycles. The number of hydrogen-bond donors (Lipinski definition) is 1. The van der Waals surface area contributed by atoms with Crippen LogP contribution in [0.5, 0.6) is 0 Å². The van der Waals surface area contributed by atoms with E-state index in [0.717, 1.165) is 5.56 Å². The zero-order chi connectivity index (χ0) is 23.9. The molecule has 1 atom stereocenters. The summed E-state index contributed by atoms with van der Waals surface area (Å²) < 4.78 is 27.0. The van der Waals surface area contributed by atoms with Crippen molar-refractivity contribution < 1.29 is 18.4 Å². The first-order valence-electron chi connectivity index (χ1n) is 10.4. The highest BCUT2D eigenvalue weighted by atomic mass is 19.1. The molecule has 34 heavy (non-hydrogen) atoms. The van der Waals surface area contributed by atoms with Gasteiger partial charge in [-0.15, -0.1) is 0 Å². The molecule has 4 rings (SSSR count). The number of hydrogen-bond acceptors (Lipinski definition) is 4. The number of anilines is 1. The minimum Gasteiger partial charge on any atom is -0.324 e. The molecule has 0 unspecified atom stereocenters. The van der Waals surface area contributed by atoms with Gasteiger partial charge in [-0.1, -0.05) is 42.5 Å². The fourth-order valence-electron chi connectivity index (χ4n) is 3.48. The van der Waals surface area contributed by atoms with Crippen LogP contribution in [0.15, 0.2) is 97.5 Å². The molecule has 0 spiro atoms. The Hall–Kier alpha value is -4.46. The van der Waals surface area contributed by atoms with E-state index in [9.17, 15) is 18.4 Å². The fourth-order valence-corrected chi connectivity index (χ4v) is 3.48. The van der Waals surface area contributed by atoms with Gasteiger partial charge in [0.05, 0.1) is 6.20 Å². The van der Waals surface area contributed by atoms with Gasteiger partial charge >= 0.3 is 0 Å². The minimum atomic E-state index is -1.14. The molecular formula is C26H20F2N4O2. The van der Waals surface area contributed by atoms with Gasteiger partial charge in [-0.05, 0) is 47.5 Å². The number of nitrogens with one attached hydrogen (secondary N) is 1. The highest BCUT2D eigenvalue weighted by Crippen LogP contribution is 2.27. The number of aromatic nitrogens is 2. The highest BCUT2D eigenvalue weighted by Gasteiger charge is 2.33. The predicted molar refractivity (Wildman–Crippen MR) is 123 cm³/mol. The number of halogens is 2. The van der Waals surface area contributed by atoms with Crippen molar-refractivity contribution in [2.24, 2.45) is 0 Å². The zero-order valence-corrected chi connectivity index (χ0v) is 17.9. The van der Waals surface area contributed by atoms with Gasteiger partial charge in [0.25, 0.3) is 11.8 Å². The molecule has 1 N–H and O–H groups in total. The molecule has 0 aliphatic heterocycles. The molecule has 1 heterocycles. The molecule has 0 aliphatic carbocycles. The average Bonchev–Trinajstić information content (AvgIpc) is 2.87. The third kappa shape index (κ3) is 5.47. The van der Waals surface area contributed by atoms with E-state index in [1.165, 1.54) is 72.0 Å². The summed E-state index contributed by atoms with van der Waals surface area (Å²) in [4.78, 5) is 36.5. The molecular weight excluding hydrogens is 438 g/mol. The first-order valence-corrected chi connectivity index (χ1v) is 10.4. The van der Waals surface area contributed by atoms with E-state index >= 15 is 0 Å². The molecule has 170 valence electrons. The molecule has 6 nitrogen and oxygen atoms in total. The van der Waals surface area contributed by atoms with Crippen molar-refractivity contribution >= 4 is 17.5 Å². The summed E-state index contributed by atoms with van der Waals surface area (Å²) >= 11 is 0. The number of benzene rings is 3. The van der Waals surface area contributed by atoms with Crippen molar-refractivity contribution in [2.45, 2.75) is 12.6 Å². The third-order valence-electron chi connectivity index (χ3n) is 5.10. The maximum atomic E-state index is 13.7. The van der Waals surface area contributed by atoms with Crippen LogP contribution in [0.25, 0.3) is 0 Å². The van der Waals surface area contributed by atoms with Crippen LogP contribution in [-0.4, -0.2) is 26.7 Å². The van der Waals surface area contributed by atoms with Gasteiger partial charge in [0.15, 0.2) is 0 Å². The van der Waals surface area contributed by atoms with Crippen LogP contribution >= 0.6 is 0 Å². The number of carbonyl (C=O) groups is 2. The van der Waals surface area contributed by atoms with Crippen molar-refractivity contribution in [1.82, 2.24) is 14.9 Å². The lowest BCUT2D eigenvalue weighted by molar-refractivity contribution is -0.121. The lowest BCUT2D eigenvalue weighted by Crippen LogP contribution is -2.41. The summed E-state index contributed by atoms with van der Waals surface area (Å²) in [6.07, 6.45) is 4.15. The topological polar surface area (TPSA) is 75.2 Å². The van der Waals surface area contributed by atoms with Crippen LogP contribution in [0.1, 0.15) is 27.7 Å². The van der Waals surface area contributed by atoms with Crippen LogP contribution in [0, 0.1) is 11.6 Å². The molecule has 0 bridgehead atoms. The van der Waals surface area contributed by atoms with E-state index in [4.69, 9.17) is 0 Å². The molecule has 2 amide bonds. The third-order valence-corrected chi connectivity index (χ3v) is 5.10. The Morgan fingerprint density at radius 2 is 1.50 bits per heavy atom. The highest BCUT2D eigenvalue weighted by molar-refractivity contribution is 6.00. The number of rotatable bonds is 7. The zero-order valence-electron chi connectivity index (χ0n) is 17.9. The summed E-state index contributed by atoms with van der Waals surface area (Å²) in [7, 11) is 0. The Kier molecular flexibility index (Phi) is 6.98. The molecule has 8 heteroatoms. The molecule has 0 saturated heterocycles. The van der Waals surface area contributed by atoms with Crippen LogP contribution < -0.4 is 5.32 Å². The quantitative estimate of drug-likeness (QED) is 0.433. The minimum absolute atomic E-state index is 0.0557. The first-order chi connectivity index (χ1) is 16.5. The van der Waals surface area contributed by atoms with E-state index in [1.54, 1.807) is 0 Å². The summed E-state index contributed by atoms with van der Waals surface area (Å²) in [5.41, 5.74) is 1.58. The lowest BCUT2D eigenvalue weighted by atomic mass is 10.0. The van der Waals surface area contributed by atoms with Crippen LogP contribution in [0.2, 0.25) is 0 Å². The van der Waals surface area contributed by atoms with Gasteiger partial charge < -0.3 is 10.2 Å². The van der Waals surface area contributed by atoms with Gasteiger partial charge in [-0.2, -0.15) is 0 Å². The number of nitrogens with zero attached hydrogens (tertiary/aromatic N) is 3. The van der Waals surface area contributed by atoms with Crippen molar-refractivity contribution in [1.29, 1.82) is 0 Å². The van der Waals surface area contributed by atoms with E-state index in [-0.39, 0.29) is 12.2 Å². The maximum Gasteiger partial charge on any atom is 0.275 e. The molecule has 1 aromatic heterocycles. The van der Waals surface area contributed by atoms with E-state index in [0.29, 0.717) is 11.3 Å². The van der Waals surface area contributed by atoms with Crippen molar-refractivity contribution in [3.63, 3.8) is 0 Å². The standard InChI is InChI=1S/C26H20F2N4O2/c27-20-8-6-19(7-9-20)24(25(33)31-22-12-10-21(28)11-13-22)32(17-18-4-2-1-3-5-18)26(34)23-16-29-14-15-30-23/h1-16,24H,17H2,(H,31,33)/t24-/m1/s1. The average molecular weight is 458 g/mol.